The molecule has 19 heavy (non-hydrogen) atoms. The standard InChI is InChI=1S/C7H5BrCl2N4O2S3/c1-17-7-11-6(12-13-7)14-19(15,16)3-2(8)4(9)18-5(3)10/h1H3,(H2,11,12,13,14). The summed E-state index contributed by atoms with van der Waals surface area (Å²) < 4.78 is 27.2. The summed E-state index contributed by atoms with van der Waals surface area (Å²) in [5.41, 5.74) is 0. The summed E-state index contributed by atoms with van der Waals surface area (Å²) in [5.74, 6) is 0.00893. The van der Waals surface area contributed by atoms with Gasteiger partial charge in [-0.3, -0.25) is 0 Å². The second kappa shape index (κ2) is 5.78. The number of hydrogen-bond donors (Lipinski definition) is 2. The number of thiophene rings is 1. The average molecular weight is 424 g/mol. The third kappa shape index (κ3) is 3.19. The maximum Gasteiger partial charge on any atom is 0.267 e. The zero-order valence-electron chi connectivity index (χ0n) is 9.07. The number of aromatic nitrogens is 3. The molecule has 0 bridgehead atoms. The molecule has 2 aromatic rings. The Kier molecular flexibility index (Phi) is 4.68. The van der Waals surface area contributed by atoms with Crippen LogP contribution in [0.3, 0.4) is 0 Å². The number of halogens is 3. The van der Waals surface area contributed by atoms with Crippen molar-refractivity contribution in [2.45, 2.75) is 10.1 Å². The fourth-order valence-electron chi connectivity index (χ4n) is 1.13. The molecule has 2 aromatic heterocycles. The van der Waals surface area contributed by atoms with Crippen molar-refractivity contribution < 1.29 is 8.42 Å². The van der Waals surface area contributed by atoms with E-state index in [4.69, 9.17) is 23.2 Å². The minimum Gasteiger partial charge on any atom is -0.247 e. The summed E-state index contributed by atoms with van der Waals surface area (Å²) >= 11 is 17.0. The number of nitrogens with one attached hydrogen (secondary N) is 2. The van der Waals surface area contributed by atoms with Crippen molar-refractivity contribution in [3.05, 3.63) is 13.1 Å². The maximum atomic E-state index is 12.2. The third-order valence-corrected chi connectivity index (χ3v) is 7.23. The fraction of sp³-hybridized carbons (Fsp3) is 0.143. The van der Waals surface area contributed by atoms with Crippen molar-refractivity contribution in [2.75, 3.05) is 11.0 Å². The molecule has 0 amide bonds. The van der Waals surface area contributed by atoms with Gasteiger partial charge in [0.05, 0.1) is 4.47 Å². The lowest BCUT2D eigenvalue weighted by molar-refractivity contribution is 0.601. The van der Waals surface area contributed by atoms with Gasteiger partial charge in [0.1, 0.15) is 13.6 Å². The summed E-state index contributed by atoms with van der Waals surface area (Å²) in [7, 11) is -3.89. The van der Waals surface area contributed by atoms with Gasteiger partial charge in [-0.25, -0.2) is 18.2 Å². The Labute approximate surface area is 135 Å². The van der Waals surface area contributed by atoms with Gasteiger partial charge in [0.2, 0.25) is 11.1 Å². The molecule has 0 saturated heterocycles. The molecule has 0 unspecified atom stereocenters. The van der Waals surface area contributed by atoms with Crippen LogP contribution in [-0.2, 0) is 10.0 Å². The predicted octanol–water partition coefficient (Wildman–Crippen LogP) is 3.46. The highest BCUT2D eigenvalue weighted by Gasteiger charge is 2.27. The van der Waals surface area contributed by atoms with Gasteiger partial charge in [-0.05, 0) is 22.2 Å². The van der Waals surface area contributed by atoms with Crippen LogP contribution in [0.25, 0.3) is 0 Å². The van der Waals surface area contributed by atoms with Crippen molar-refractivity contribution in [3.63, 3.8) is 0 Å². The van der Waals surface area contributed by atoms with Crippen LogP contribution < -0.4 is 4.72 Å². The third-order valence-electron chi connectivity index (χ3n) is 1.88. The minimum atomic E-state index is -3.89. The minimum absolute atomic E-state index is 0.00893. The molecule has 0 aromatic carbocycles. The predicted molar refractivity (Wildman–Crippen MR) is 81.0 cm³/mol. The van der Waals surface area contributed by atoms with E-state index in [1.165, 1.54) is 11.8 Å². The summed E-state index contributed by atoms with van der Waals surface area (Å²) in [4.78, 5) is 3.80. The molecule has 0 aliphatic heterocycles. The molecule has 0 saturated carbocycles. The molecule has 6 nitrogen and oxygen atoms in total. The van der Waals surface area contributed by atoms with E-state index in [-0.39, 0.29) is 24.0 Å². The van der Waals surface area contributed by atoms with Gasteiger partial charge in [0.25, 0.3) is 10.0 Å². The number of aromatic amines is 1. The Balaban J connectivity index is 2.37. The van der Waals surface area contributed by atoms with E-state index in [9.17, 15) is 8.42 Å². The lowest BCUT2D eigenvalue weighted by atomic mass is 10.7. The maximum absolute atomic E-state index is 12.2. The second-order valence-corrected chi connectivity index (χ2v) is 8.48. The van der Waals surface area contributed by atoms with E-state index in [0.717, 1.165) is 11.3 Å². The van der Waals surface area contributed by atoms with Crippen LogP contribution in [0.4, 0.5) is 5.95 Å². The van der Waals surface area contributed by atoms with E-state index in [1.54, 1.807) is 6.26 Å². The monoisotopic (exact) mass is 422 g/mol. The van der Waals surface area contributed by atoms with E-state index >= 15 is 0 Å². The molecule has 0 aliphatic rings. The summed E-state index contributed by atoms with van der Waals surface area (Å²) in [6, 6.07) is 0. The molecule has 2 heterocycles. The van der Waals surface area contributed by atoms with Gasteiger partial charge < -0.3 is 0 Å². The molecule has 104 valence electrons. The first-order chi connectivity index (χ1) is 8.85. The molecule has 0 radical (unpaired) electrons. The molecule has 0 spiro atoms. The average Bonchev–Trinajstić information content (AvgIpc) is 2.84. The van der Waals surface area contributed by atoms with E-state index in [1.807, 2.05) is 0 Å². The highest BCUT2D eigenvalue weighted by Crippen LogP contribution is 2.43. The number of hydrogen-bond acceptors (Lipinski definition) is 6. The number of anilines is 1. The largest absolute Gasteiger partial charge is 0.267 e. The van der Waals surface area contributed by atoms with Crippen LogP contribution in [0, 0.1) is 0 Å². The first-order valence-corrected chi connectivity index (χ1v) is 9.55. The van der Waals surface area contributed by atoms with Crippen molar-refractivity contribution >= 4 is 78.2 Å². The van der Waals surface area contributed by atoms with Crippen LogP contribution >= 0.6 is 62.2 Å². The van der Waals surface area contributed by atoms with Gasteiger partial charge in [0.15, 0.2) is 0 Å². The Hall–Kier alpha value is -0.000000000000000111. The normalized spacial score (nSPS) is 11.8. The van der Waals surface area contributed by atoms with Crippen LogP contribution in [0.2, 0.25) is 8.67 Å². The molecule has 0 aliphatic carbocycles. The van der Waals surface area contributed by atoms with Crippen molar-refractivity contribution in [3.8, 4) is 0 Å². The molecule has 2 N–H and O–H groups in total. The van der Waals surface area contributed by atoms with Crippen LogP contribution in [0.5, 0.6) is 0 Å². The lowest BCUT2D eigenvalue weighted by Gasteiger charge is -2.04. The molecule has 12 heteroatoms. The quantitative estimate of drug-likeness (QED) is 0.735. The van der Waals surface area contributed by atoms with Gasteiger partial charge >= 0.3 is 0 Å². The summed E-state index contributed by atoms with van der Waals surface area (Å²) in [6.45, 7) is 0. The first-order valence-electron chi connectivity index (χ1n) is 4.47. The molecule has 0 fully saturated rings. The van der Waals surface area contributed by atoms with Crippen molar-refractivity contribution in [1.82, 2.24) is 15.2 Å². The molecular formula is C7H5BrCl2N4O2S3. The Morgan fingerprint density at radius 1 is 1.42 bits per heavy atom. The van der Waals surface area contributed by atoms with Crippen LogP contribution in [0.15, 0.2) is 14.5 Å². The number of H-pyrrole nitrogens is 1. The zero-order chi connectivity index (χ0) is 14.2. The molecular weight excluding hydrogens is 419 g/mol. The molecule has 0 atom stereocenters. The smallest absolute Gasteiger partial charge is 0.247 e. The van der Waals surface area contributed by atoms with Crippen molar-refractivity contribution in [2.24, 2.45) is 0 Å². The highest BCUT2D eigenvalue weighted by atomic mass is 79.9. The van der Waals surface area contributed by atoms with Gasteiger partial charge in [-0.15, -0.1) is 16.4 Å². The Morgan fingerprint density at radius 2 is 2.11 bits per heavy atom. The first kappa shape index (κ1) is 15.4. The van der Waals surface area contributed by atoms with Crippen molar-refractivity contribution in [1.29, 1.82) is 0 Å². The Morgan fingerprint density at radius 3 is 2.58 bits per heavy atom. The highest BCUT2D eigenvalue weighted by molar-refractivity contribution is 9.10. The fourth-order valence-corrected chi connectivity index (χ4v) is 5.97. The molecule has 2 rings (SSSR count). The van der Waals surface area contributed by atoms with Crippen LogP contribution in [-0.4, -0.2) is 29.9 Å². The van der Waals surface area contributed by atoms with E-state index in [2.05, 4.69) is 35.8 Å². The van der Waals surface area contributed by atoms with Gasteiger partial charge in [-0.1, -0.05) is 35.0 Å². The number of sulfonamides is 1. The number of rotatable bonds is 4. The van der Waals surface area contributed by atoms with Gasteiger partial charge in [0, 0.05) is 0 Å². The van der Waals surface area contributed by atoms with Crippen LogP contribution in [0.1, 0.15) is 0 Å². The Bertz CT molecular complexity index is 714. The zero-order valence-corrected chi connectivity index (χ0v) is 14.6. The summed E-state index contributed by atoms with van der Waals surface area (Å²) in [5, 5.41) is 6.68. The number of nitrogens with zero attached hydrogens (tertiary/aromatic N) is 2. The lowest BCUT2D eigenvalue weighted by Crippen LogP contribution is -2.14. The number of thioether (sulfide) groups is 1. The summed E-state index contributed by atoms with van der Waals surface area (Å²) in [6.07, 6.45) is 1.77. The van der Waals surface area contributed by atoms with E-state index < -0.39 is 10.0 Å². The van der Waals surface area contributed by atoms with Gasteiger partial charge in [-0.2, -0.15) is 4.98 Å². The van der Waals surface area contributed by atoms with E-state index in [0.29, 0.717) is 5.16 Å². The second-order valence-electron chi connectivity index (χ2n) is 3.07. The SMILES string of the molecule is CSc1n[nH]c(NS(=O)(=O)c2c(Cl)sc(Cl)c2Br)n1. The topological polar surface area (TPSA) is 87.7 Å².